The van der Waals surface area contributed by atoms with Crippen molar-refractivity contribution in [2.24, 2.45) is 0 Å². The molecule has 0 bridgehead atoms. The first-order chi connectivity index (χ1) is 12.6. The molecule has 3 N–H and O–H groups in total. The molecule has 1 aromatic carbocycles. The second-order valence-corrected chi connectivity index (χ2v) is 5.37. The Hall–Kier alpha value is -3.35. The maximum absolute atomic E-state index is 11.9. The number of amides is 3. The highest BCUT2D eigenvalue weighted by molar-refractivity contribution is 5.96. The second kappa shape index (κ2) is 9.83. The van der Waals surface area contributed by atoms with E-state index in [1.807, 2.05) is 6.92 Å². The molecule has 0 aliphatic heterocycles. The number of anilines is 1. The van der Waals surface area contributed by atoms with Gasteiger partial charge in [-0.3, -0.25) is 14.4 Å². The van der Waals surface area contributed by atoms with Crippen LogP contribution in [0.15, 0.2) is 53.2 Å². The van der Waals surface area contributed by atoms with Crippen molar-refractivity contribution in [2.45, 2.75) is 13.3 Å². The Balaban J connectivity index is 1.71. The Kier molecular flexibility index (Phi) is 7.17. The van der Waals surface area contributed by atoms with Crippen molar-refractivity contribution >= 4 is 29.5 Å². The van der Waals surface area contributed by atoms with E-state index in [1.165, 1.54) is 12.3 Å². The minimum absolute atomic E-state index is 0.137. The fraction of sp³-hybridized carbons (Fsp3) is 0.211. The number of carbonyl (C=O) groups is 3. The Labute approximate surface area is 151 Å². The monoisotopic (exact) mass is 355 g/mol. The predicted octanol–water partition coefficient (Wildman–Crippen LogP) is 2.19. The van der Waals surface area contributed by atoms with Gasteiger partial charge in [-0.15, -0.1) is 0 Å². The molecule has 0 radical (unpaired) electrons. The third kappa shape index (κ3) is 6.27. The molecule has 136 valence electrons. The molecule has 0 aliphatic carbocycles. The van der Waals surface area contributed by atoms with Crippen LogP contribution in [0.3, 0.4) is 0 Å². The second-order valence-electron chi connectivity index (χ2n) is 5.37. The summed E-state index contributed by atoms with van der Waals surface area (Å²) in [6.07, 6.45) is 4.55. The van der Waals surface area contributed by atoms with Crippen molar-refractivity contribution in [3.63, 3.8) is 0 Å². The summed E-state index contributed by atoms with van der Waals surface area (Å²) in [5.74, 6) is -0.115. The van der Waals surface area contributed by atoms with Crippen LogP contribution in [0.25, 0.3) is 6.08 Å². The van der Waals surface area contributed by atoms with Gasteiger partial charge in [0.15, 0.2) is 0 Å². The van der Waals surface area contributed by atoms with Crippen LogP contribution in [0, 0.1) is 0 Å². The minimum atomic E-state index is -0.305. The number of hydrogen-bond acceptors (Lipinski definition) is 4. The van der Waals surface area contributed by atoms with E-state index in [2.05, 4.69) is 16.0 Å². The van der Waals surface area contributed by atoms with Crippen LogP contribution in [0.1, 0.15) is 29.5 Å². The molecule has 0 unspecified atom stereocenters. The first-order valence-electron chi connectivity index (χ1n) is 8.26. The maximum Gasteiger partial charge on any atom is 0.251 e. The molecule has 1 heterocycles. The maximum atomic E-state index is 11.9. The average molecular weight is 355 g/mol. The van der Waals surface area contributed by atoms with Crippen molar-refractivity contribution in [3.8, 4) is 0 Å². The van der Waals surface area contributed by atoms with Gasteiger partial charge in [-0.25, -0.2) is 0 Å². The third-order valence-electron chi connectivity index (χ3n) is 3.36. The van der Waals surface area contributed by atoms with Gasteiger partial charge in [-0.1, -0.05) is 0 Å². The summed E-state index contributed by atoms with van der Waals surface area (Å²) < 4.78 is 5.07. The van der Waals surface area contributed by atoms with E-state index >= 15 is 0 Å². The number of benzene rings is 1. The SMILES string of the molecule is CCNC(=O)c1ccc(NC(=O)CCNC(=O)/C=C/c2ccco2)cc1. The van der Waals surface area contributed by atoms with Gasteiger partial charge in [-0.2, -0.15) is 0 Å². The molecule has 3 amide bonds. The Morgan fingerprint density at radius 2 is 1.85 bits per heavy atom. The number of nitrogens with one attached hydrogen (secondary N) is 3. The fourth-order valence-corrected chi connectivity index (χ4v) is 2.09. The summed E-state index contributed by atoms with van der Waals surface area (Å²) in [4.78, 5) is 35.2. The largest absolute Gasteiger partial charge is 0.465 e. The van der Waals surface area contributed by atoms with E-state index in [9.17, 15) is 14.4 Å². The summed E-state index contributed by atoms with van der Waals surface area (Å²) in [5.41, 5.74) is 1.12. The van der Waals surface area contributed by atoms with E-state index in [-0.39, 0.29) is 30.7 Å². The van der Waals surface area contributed by atoms with Gasteiger partial charge in [0.25, 0.3) is 5.91 Å². The zero-order chi connectivity index (χ0) is 18.8. The van der Waals surface area contributed by atoms with Crippen LogP contribution in [-0.2, 0) is 9.59 Å². The van der Waals surface area contributed by atoms with Gasteiger partial charge < -0.3 is 20.4 Å². The van der Waals surface area contributed by atoms with Crippen molar-refractivity contribution in [3.05, 3.63) is 60.1 Å². The van der Waals surface area contributed by atoms with E-state index < -0.39 is 0 Å². The van der Waals surface area contributed by atoms with Gasteiger partial charge in [-0.05, 0) is 49.4 Å². The molecule has 0 saturated heterocycles. The van der Waals surface area contributed by atoms with Gasteiger partial charge in [0.1, 0.15) is 5.76 Å². The Morgan fingerprint density at radius 1 is 1.08 bits per heavy atom. The highest BCUT2D eigenvalue weighted by atomic mass is 16.3. The molecular formula is C19H21N3O4. The lowest BCUT2D eigenvalue weighted by molar-refractivity contribution is -0.117. The summed E-state index contributed by atoms with van der Waals surface area (Å²) >= 11 is 0. The van der Waals surface area contributed by atoms with Crippen molar-refractivity contribution < 1.29 is 18.8 Å². The molecule has 26 heavy (non-hydrogen) atoms. The average Bonchev–Trinajstić information content (AvgIpc) is 3.14. The molecule has 1 aromatic heterocycles. The van der Waals surface area contributed by atoms with Crippen LogP contribution in [0.2, 0.25) is 0 Å². The van der Waals surface area contributed by atoms with Crippen molar-refractivity contribution in [1.29, 1.82) is 0 Å². The topological polar surface area (TPSA) is 100 Å². The number of furan rings is 1. The Morgan fingerprint density at radius 3 is 2.50 bits per heavy atom. The van der Waals surface area contributed by atoms with E-state index in [4.69, 9.17) is 4.42 Å². The molecule has 2 rings (SSSR count). The lowest BCUT2D eigenvalue weighted by Gasteiger charge is -2.07. The fourth-order valence-electron chi connectivity index (χ4n) is 2.09. The quantitative estimate of drug-likeness (QED) is 0.632. The molecule has 0 aliphatic rings. The Bertz CT molecular complexity index is 765. The van der Waals surface area contributed by atoms with Crippen molar-refractivity contribution in [1.82, 2.24) is 10.6 Å². The van der Waals surface area contributed by atoms with Gasteiger partial charge >= 0.3 is 0 Å². The van der Waals surface area contributed by atoms with Crippen LogP contribution in [0.5, 0.6) is 0 Å². The van der Waals surface area contributed by atoms with Crippen LogP contribution in [-0.4, -0.2) is 30.8 Å². The van der Waals surface area contributed by atoms with E-state index in [0.717, 1.165) is 0 Å². The number of hydrogen-bond donors (Lipinski definition) is 3. The first-order valence-corrected chi connectivity index (χ1v) is 8.26. The van der Waals surface area contributed by atoms with Crippen LogP contribution in [0.4, 0.5) is 5.69 Å². The summed E-state index contributed by atoms with van der Waals surface area (Å²) in [5, 5.41) is 8.03. The minimum Gasteiger partial charge on any atom is -0.465 e. The summed E-state index contributed by atoms with van der Waals surface area (Å²) in [7, 11) is 0. The predicted molar refractivity (Wildman–Crippen MR) is 98.4 cm³/mol. The highest BCUT2D eigenvalue weighted by Gasteiger charge is 2.06. The number of carbonyl (C=O) groups excluding carboxylic acids is 3. The molecule has 0 atom stereocenters. The first kappa shape index (κ1) is 19.0. The van der Waals surface area contributed by atoms with E-state index in [1.54, 1.807) is 42.5 Å². The molecule has 0 spiro atoms. The van der Waals surface area contributed by atoms with E-state index in [0.29, 0.717) is 23.6 Å². The van der Waals surface area contributed by atoms with Gasteiger partial charge in [0.2, 0.25) is 11.8 Å². The molecule has 7 nitrogen and oxygen atoms in total. The molecular weight excluding hydrogens is 334 g/mol. The van der Waals surface area contributed by atoms with Crippen LogP contribution >= 0.6 is 0 Å². The van der Waals surface area contributed by atoms with Gasteiger partial charge in [0.05, 0.1) is 6.26 Å². The summed E-state index contributed by atoms with van der Waals surface area (Å²) in [6, 6.07) is 10.1. The van der Waals surface area contributed by atoms with Gasteiger partial charge in [0, 0.05) is 36.8 Å². The normalized spacial score (nSPS) is 10.5. The van der Waals surface area contributed by atoms with Crippen LogP contribution < -0.4 is 16.0 Å². The third-order valence-corrected chi connectivity index (χ3v) is 3.36. The zero-order valence-corrected chi connectivity index (χ0v) is 14.5. The summed E-state index contributed by atoms with van der Waals surface area (Å²) in [6.45, 7) is 2.61. The lowest BCUT2D eigenvalue weighted by Crippen LogP contribution is -2.26. The highest BCUT2D eigenvalue weighted by Crippen LogP contribution is 2.10. The standard InChI is InChI=1S/C19H21N3O4/c1-2-20-19(25)14-5-7-15(8-6-14)22-18(24)11-12-21-17(23)10-9-16-4-3-13-26-16/h3-10,13H,2,11-12H2,1H3,(H,20,25)(H,21,23)(H,22,24)/b10-9+. The molecule has 0 saturated carbocycles. The molecule has 7 heteroatoms. The lowest BCUT2D eigenvalue weighted by atomic mass is 10.2. The molecule has 2 aromatic rings. The zero-order valence-electron chi connectivity index (χ0n) is 14.5. The van der Waals surface area contributed by atoms with Crippen molar-refractivity contribution in [2.75, 3.05) is 18.4 Å². The number of rotatable bonds is 8. The smallest absolute Gasteiger partial charge is 0.251 e. The molecule has 0 fully saturated rings.